The molecule has 0 aromatic heterocycles. The minimum absolute atomic E-state index is 0. The molecule has 0 aliphatic heterocycles. The number of esters is 1. The molecule has 0 fully saturated rings. The fraction of sp³-hybridized carbons (Fsp3) is 0.571. The number of hydrogen-bond acceptors (Lipinski definition) is 2. The van der Waals surface area contributed by atoms with Crippen LogP contribution in [0, 0.1) is 0 Å². The second-order valence-corrected chi connectivity index (χ2v) is 2.56. The first-order valence-corrected chi connectivity index (χ1v) is 3.15. The summed E-state index contributed by atoms with van der Waals surface area (Å²) in [6, 6.07) is 0. The molecule has 0 spiro atoms. The van der Waals surface area contributed by atoms with Crippen molar-refractivity contribution in [3.8, 4) is 0 Å². The Morgan fingerprint density at radius 1 is 1.55 bits per heavy atom. The van der Waals surface area contributed by atoms with Gasteiger partial charge in [-0.05, 0) is 6.92 Å². The number of ether oxygens (including phenoxy) is 1. The maximum atomic E-state index is 10.7. The fourth-order valence-corrected chi connectivity index (χ4v) is 0.333. The van der Waals surface area contributed by atoms with Crippen molar-refractivity contribution in [2.75, 3.05) is 20.8 Å². The van der Waals surface area contributed by atoms with E-state index in [0.29, 0.717) is 12.3 Å². The van der Waals surface area contributed by atoms with Gasteiger partial charge in [0.15, 0.2) is 0 Å². The predicted molar refractivity (Wildman–Crippen MR) is 38.6 cm³/mol. The molecule has 0 saturated carbocycles. The van der Waals surface area contributed by atoms with Crippen molar-refractivity contribution >= 4 is 5.97 Å². The van der Waals surface area contributed by atoms with E-state index in [-0.39, 0.29) is 18.4 Å². The molecule has 0 rings (SSSR count). The zero-order valence-electron chi connectivity index (χ0n) is 7.11. The van der Waals surface area contributed by atoms with Crippen LogP contribution in [0.15, 0.2) is 12.2 Å². The number of quaternary nitrogens is 1. The number of carbonyl (C=O) groups is 1. The van der Waals surface area contributed by atoms with Crippen molar-refractivity contribution in [3.63, 3.8) is 0 Å². The molecular weight excluding hydrogens is 166 g/mol. The third kappa shape index (κ3) is 7.36. The molecule has 0 aromatic rings. The molecule has 4 heteroatoms. The Bertz CT molecular complexity index is 145. The van der Waals surface area contributed by atoms with E-state index in [2.05, 4.69) is 6.58 Å². The van der Waals surface area contributed by atoms with Gasteiger partial charge in [0, 0.05) is 5.57 Å². The van der Waals surface area contributed by atoms with Gasteiger partial charge in [0.1, 0.15) is 0 Å². The van der Waals surface area contributed by atoms with E-state index in [4.69, 9.17) is 4.74 Å². The van der Waals surface area contributed by atoms with Crippen molar-refractivity contribution in [2.45, 2.75) is 6.92 Å². The zero-order valence-corrected chi connectivity index (χ0v) is 7.86. The van der Waals surface area contributed by atoms with Crippen LogP contribution in [0.2, 0.25) is 0 Å². The summed E-state index contributed by atoms with van der Waals surface area (Å²) in [6.07, 6.45) is 0. The average Bonchev–Trinajstić information content (AvgIpc) is 1.82. The van der Waals surface area contributed by atoms with Gasteiger partial charge < -0.3 is 22.0 Å². The predicted octanol–water partition coefficient (Wildman–Crippen LogP) is -3.79. The highest BCUT2D eigenvalue weighted by Crippen LogP contribution is 1.88. The van der Waals surface area contributed by atoms with Crippen LogP contribution in [0.3, 0.4) is 0 Å². The van der Waals surface area contributed by atoms with Crippen LogP contribution in [0.4, 0.5) is 0 Å². The first-order chi connectivity index (χ1) is 4.54. The molecule has 0 aliphatic carbocycles. The Labute approximate surface area is 73.4 Å². The minimum atomic E-state index is -0.318. The van der Waals surface area contributed by atoms with Crippen LogP contribution < -0.4 is 17.3 Å². The maximum Gasteiger partial charge on any atom is 0.337 e. The Kier molecular flexibility index (Phi) is 7.36. The number of carbonyl (C=O) groups excluding carboxylic acids is 1. The van der Waals surface area contributed by atoms with Crippen molar-refractivity contribution in [2.24, 2.45) is 0 Å². The molecule has 11 heavy (non-hydrogen) atoms. The number of rotatable bonds is 3. The van der Waals surface area contributed by atoms with Crippen molar-refractivity contribution in [3.05, 3.63) is 12.2 Å². The Balaban J connectivity index is 0. The molecule has 0 bridgehead atoms. The van der Waals surface area contributed by atoms with E-state index in [1.165, 1.54) is 0 Å². The third-order valence-corrected chi connectivity index (χ3v) is 0.840. The summed E-state index contributed by atoms with van der Waals surface area (Å²) in [4.78, 5) is 11.8. The molecule has 0 heterocycles. The van der Waals surface area contributed by atoms with Gasteiger partial charge in [0.2, 0.25) is 6.73 Å². The summed E-state index contributed by atoms with van der Waals surface area (Å²) in [5.41, 5.74) is 0.446. The lowest BCUT2D eigenvalue weighted by molar-refractivity contribution is -0.877. The van der Waals surface area contributed by atoms with Gasteiger partial charge in [0.25, 0.3) is 0 Å². The van der Waals surface area contributed by atoms with Crippen LogP contribution in [0.25, 0.3) is 0 Å². The molecule has 0 unspecified atom stereocenters. The summed E-state index contributed by atoms with van der Waals surface area (Å²) in [6.45, 7) is 5.48. The summed E-state index contributed by atoms with van der Waals surface area (Å²) in [5, 5.41) is 0. The monoisotopic (exact) mass is 179 g/mol. The van der Waals surface area contributed by atoms with Crippen LogP contribution in [0.1, 0.15) is 6.92 Å². The first kappa shape index (κ1) is 13.1. The van der Waals surface area contributed by atoms with Crippen LogP contribution in [-0.2, 0) is 9.53 Å². The molecule has 0 radical (unpaired) electrons. The molecule has 1 N–H and O–H groups in total. The van der Waals surface area contributed by atoms with Crippen molar-refractivity contribution in [1.29, 1.82) is 0 Å². The second-order valence-electron chi connectivity index (χ2n) is 2.56. The fourth-order valence-electron chi connectivity index (χ4n) is 0.333. The van der Waals surface area contributed by atoms with Gasteiger partial charge in [-0.2, -0.15) is 0 Å². The number of nitrogens with one attached hydrogen (secondary N) is 1. The van der Waals surface area contributed by atoms with E-state index < -0.39 is 0 Å². The third-order valence-electron chi connectivity index (χ3n) is 0.840. The summed E-state index contributed by atoms with van der Waals surface area (Å²) in [7, 11) is 3.82. The SMILES string of the molecule is C=C(C)C(=O)OC[NH+](C)C.[Cl-]. The quantitative estimate of drug-likeness (QED) is 0.274. The topological polar surface area (TPSA) is 30.7 Å². The van der Waals surface area contributed by atoms with Gasteiger partial charge >= 0.3 is 5.97 Å². The van der Waals surface area contributed by atoms with E-state index in [1.54, 1.807) is 6.92 Å². The zero-order chi connectivity index (χ0) is 8.15. The van der Waals surface area contributed by atoms with Gasteiger partial charge in [0.05, 0.1) is 14.1 Å². The number of hydrogen-bond donors (Lipinski definition) is 1. The molecule has 0 amide bonds. The van der Waals surface area contributed by atoms with Gasteiger partial charge in [-0.15, -0.1) is 0 Å². The highest BCUT2D eigenvalue weighted by molar-refractivity contribution is 5.86. The molecule has 0 atom stereocenters. The Morgan fingerprint density at radius 2 is 2.00 bits per heavy atom. The van der Waals surface area contributed by atoms with Gasteiger partial charge in [-0.3, -0.25) is 0 Å². The maximum absolute atomic E-state index is 10.7. The lowest BCUT2D eigenvalue weighted by atomic mass is 10.4. The van der Waals surface area contributed by atoms with Crippen LogP contribution in [-0.4, -0.2) is 26.8 Å². The Morgan fingerprint density at radius 3 is 2.27 bits per heavy atom. The van der Waals surface area contributed by atoms with Gasteiger partial charge in [-0.25, -0.2) is 4.79 Å². The van der Waals surface area contributed by atoms with Crippen LogP contribution in [0.5, 0.6) is 0 Å². The highest BCUT2D eigenvalue weighted by Gasteiger charge is 2.03. The molecule has 0 aromatic carbocycles. The van der Waals surface area contributed by atoms with E-state index in [0.717, 1.165) is 4.90 Å². The molecule has 0 aliphatic rings. The van der Waals surface area contributed by atoms with Gasteiger partial charge in [-0.1, -0.05) is 6.58 Å². The smallest absolute Gasteiger partial charge is 0.337 e. The summed E-state index contributed by atoms with van der Waals surface area (Å²) < 4.78 is 4.79. The van der Waals surface area contributed by atoms with E-state index in [9.17, 15) is 4.79 Å². The minimum Gasteiger partial charge on any atom is -1.00 e. The molecule has 0 saturated heterocycles. The van der Waals surface area contributed by atoms with E-state index in [1.807, 2.05) is 14.1 Å². The lowest BCUT2D eigenvalue weighted by Crippen LogP contribution is -3.06. The second kappa shape index (κ2) is 6.19. The van der Waals surface area contributed by atoms with Crippen molar-refractivity contribution in [1.82, 2.24) is 0 Å². The highest BCUT2D eigenvalue weighted by atomic mass is 35.5. The normalized spacial score (nSPS) is 8.73. The summed E-state index contributed by atoms with van der Waals surface area (Å²) >= 11 is 0. The number of halogens is 1. The van der Waals surface area contributed by atoms with Crippen molar-refractivity contribution < 1.29 is 26.8 Å². The Hall–Kier alpha value is -0.540. The largest absolute Gasteiger partial charge is 1.00 e. The standard InChI is InChI=1S/C7H13NO2.ClH/c1-6(2)7(9)10-5-8(3)4;/h1,5H2,2-4H3;1H. The molecule has 66 valence electrons. The lowest BCUT2D eigenvalue weighted by Gasteiger charge is -2.06. The molecule has 3 nitrogen and oxygen atoms in total. The van der Waals surface area contributed by atoms with Crippen LogP contribution >= 0.6 is 0 Å². The van der Waals surface area contributed by atoms with E-state index >= 15 is 0 Å². The average molecular weight is 180 g/mol. The first-order valence-electron chi connectivity index (χ1n) is 3.15. The summed E-state index contributed by atoms with van der Waals surface area (Å²) in [5.74, 6) is -0.318. The molecular formula is C7H14ClNO2.